The van der Waals surface area contributed by atoms with Crippen LogP contribution in [0.2, 0.25) is 0 Å². The molecule has 0 amide bonds. The molecule has 1 aromatic carbocycles. The first kappa shape index (κ1) is 12.7. The van der Waals surface area contributed by atoms with Gasteiger partial charge in [0, 0.05) is 0 Å². The van der Waals surface area contributed by atoms with Crippen molar-refractivity contribution in [3.8, 4) is 0 Å². The Kier molecular flexibility index (Phi) is 8.85. The Labute approximate surface area is 93.2 Å². The van der Waals surface area contributed by atoms with Gasteiger partial charge in [-0.2, -0.15) is 0 Å². The van der Waals surface area contributed by atoms with Crippen LogP contribution >= 0.6 is 27.2 Å². The van der Waals surface area contributed by atoms with Gasteiger partial charge in [-0.25, -0.2) is 4.39 Å². The number of hydrogen-bond acceptors (Lipinski definition) is 0. The van der Waals surface area contributed by atoms with E-state index in [1.807, 2.05) is 0 Å². The van der Waals surface area contributed by atoms with E-state index < -0.39 is 0 Å². The van der Waals surface area contributed by atoms with Gasteiger partial charge in [-0.15, -0.1) is 0 Å². The second kappa shape index (κ2) is 8.34. The molecule has 0 unspecified atom stereocenters. The Morgan fingerprint density at radius 3 is 2.00 bits per heavy atom. The monoisotopic (exact) mass is 345 g/mol. The molecule has 0 bridgehead atoms. The predicted octanol–water partition coefficient (Wildman–Crippen LogP) is 3.89. The van der Waals surface area contributed by atoms with Crippen LogP contribution in [0.25, 0.3) is 0 Å². The summed E-state index contributed by atoms with van der Waals surface area (Å²) in [5, 5.41) is 0. The minimum Gasteiger partial charge on any atom is -0.207 e. The van der Waals surface area contributed by atoms with Crippen molar-refractivity contribution >= 4 is 27.2 Å². The first-order valence-electron chi connectivity index (χ1n) is 3.40. The molecule has 12 heavy (non-hydrogen) atoms. The second-order valence-corrected chi connectivity index (χ2v) is 16.0. The van der Waals surface area contributed by atoms with Gasteiger partial charge in [0.25, 0.3) is 0 Å². The summed E-state index contributed by atoms with van der Waals surface area (Å²) < 4.78 is 12.2. The molecular weight excluding hydrogens is 340 g/mol. The van der Waals surface area contributed by atoms with E-state index in [4.69, 9.17) is 0 Å². The minimum absolute atomic E-state index is 0.188. The normalized spacial score (nSPS) is 8.00. The third kappa shape index (κ3) is 6.27. The molecule has 0 saturated carbocycles. The summed E-state index contributed by atoms with van der Waals surface area (Å²) in [6, 6.07) is 6.37. The summed E-state index contributed by atoms with van der Waals surface area (Å²) in [7, 11) is 0. The number of hydrogen-bond donors (Lipinski definition) is 0. The fraction of sp³-hybridized carbons (Fsp3) is 0.125. The first-order valence-corrected chi connectivity index (χ1v) is 17.3. The SMILES string of the molecule is [Br][Zn][Br].[CH2]Cc1ccc(F)cc1. The topological polar surface area (TPSA) is 0 Å². The zero-order chi connectivity index (χ0) is 9.40. The Balaban J connectivity index is 0.000000354. The Morgan fingerprint density at radius 1 is 1.25 bits per heavy atom. The summed E-state index contributed by atoms with van der Waals surface area (Å²) in [5.74, 6) is -0.188. The summed E-state index contributed by atoms with van der Waals surface area (Å²) in [5.41, 5.74) is 1.07. The van der Waals surface area contributed by atoms with Crippen LogP contribution in [0.4, 0.5) is 4.39 Å². The van der Waals surface area contributed by atoms with Gasteiger partial charge in [0.05, 0.1) is 0 Å². The Morgan fingerprint density at radius 2 is 1.67 bits per heavy atom. The largest absolute Gasteiger partial charge is 0.207 e. The average Bonchev–Trinajstić information content (AvgIpc) is 2.07. The van der Waals surface area contributed by atoms with E-state index >= 15 is 0 Å². The maximum absolute atomic E-state index is 12.2. The van der Waals surface area contributed by atoms with E-state index in [9.17, 15) is 4.39 Å². The molecule has 0 fully saturated rings. The van der Waals surface area contributed by atoms with Crippen molar-refractivity contribution in [2.45, 2.75) is 6.42 Å². The summed E-state index contributed by atoms with van der Waals surface area (Å²) in [6.45, 7) is 3.66. The van der Waals surface area contributed by atoms with E-state index in [0.29, 0.717) is 0 Å². The molecule has 0 aromatic heterocycles. The molecule has 1 radical (unpaired) electrons. The van der Waals surface area contributed by atoms with Gasteiger partial charge in [-0.3, -0.25) is 0 Å². The van der Waals surface area contributed by atoms with Crippen molar-refractivity contribution in [1.82, 2.24) is 0 Å². The zero-order valence-corrected chi connectivity index (χ0v) is 12.7. The second-order valence-electron chi connectivity index (χ2n) is 1.98. The molecule has 0 saturated heterocycles. The number of benzene rings is 1. The summed E-state index contributed by atoms with van der Waals surface area (Å²) in [4.78, 5) is 0. The quantitative estimate of drug-likeness (QED) is 0.676. The third-order valence-corrected chi connectivity index (χ3v) is 1.20. The van der Waals surface area contributed by atoms with Gasteiger partial charge in [0.1, 0.15) is 5.82 Å². The van der Waals surface area contributed by atoms with Crippen molar-refractivity contribution in [3.05, 3.63) is 42.6 Å². The fourth-order valence-corrected chi connectivity index (χ4v) is 0.651. The van der Waals surface area contributed by atoms with Crippen molar-refractivity contribution in [1.29, 1.82) is 0 Å². The molecule has 0 aliphatic carbocycles. The minimum atomic E-state index is -0.250. The number of halogens is 3. The van der Waals surface area contributed by atoms with Crippen LogP contribution in [-0.2, 0) is 19.6 Å². The molecule has 0 atom stereocenters. The van der Waals surface area contributed by atoms with Crippen LogP contribution in [0.15, 0.2) is 24.3 Å². The molecule has 63 valence electrons. The van der Waals surface area contributed by atoms with Crippen LogP contribution in [0.3, 0.4) is 0 Å². The fourth-order valence-electron chi connectivity index (χ4n) is 0.651. The van der Waals surface area contributed by atoms with Crippen molar-refractivity contribution in [2.24, 2.45) is 0 Å². The smallest absolute Gasteiger partial charge is 0.123 e. The van der Waals surface area contributed by atoms with Crippen molar-refractivity contribution in [2.75, 3.05) is 0 Å². The standard InChI is InChI=1S/C8H8F.2BrH.Zn/c1-2-7-3-5-8(9)6-4-7;;;/h3-6H,1-2H2;2*1H;/q;;;+2/p-2. The molecular formula is C8H8Br2FZn. The predicted molar refractivity (Wildman–Crippen MR) is 53.3 cm³/mol. The summed E-state index contributed by atoms with van der Waals surface area (Å²) in [6.07, 6.45) is 0.722. The number of rotatable bonds is 1. The van der Waals surface area contributed by atoms with E-state index in [2.05, 4.69) is 34.2 Å². The maximum atomic E-state index is 12.2. The van der Waals surface area contributed by atoms with E-state index in [0.717, 1.165) is 12.0 Å². The van der Waals surface area contributed by atoms with E-state index in [1.54, 1.807) is 12.1 Å². The van der Waals surface area contributed by atoms with Crippen LogP contribution in [0.5, 0.6) is 0 Å². The Bertz CT molecular complexity index is 201. The maximum Gasteiger partial charge on any atom is 0.123 e. The molecule has 4 heteroatoms. The molecule has 0 aliphatic heterocycles. The third-order valence-electron chi connectivity index (χ3n) is 1.20. The van der Waals surface area contributed by atoms with Gasteiger partial charge in [-0.05, 0) is 31.0 Å². The zero-order valence-electron chi connectivity index (χ0n) is 6.56. The van der Waals surface area contributed by atoms with Gasteiger partial charge >= 0.3 is 40.5 Å². The molecule has 0 heterocycles. The molecule has 0 aliphatic rings. The average molecular weight is 348 g/mol. The molecule has 1 rings (SSSR count). The van der Waals surface area contributed by atoms with Crippen LogP contribution in [0.1, 0.15) is 5.56 Å². The van der Waals surface area contributed by atoms with Crippen LogP contribution in [0, 0.1) is 12.7 Å². The molecule has 1 aromatic rings. The van der Waals surface area contributed by atoms with Crippen LogP contribution in [-0.4, -0.2) is 0 Å². The molecule has 0 spiro atoms. The van der Waals surface area contributed by atoms with Gasteiger partial charge < -0.3 is 0 Å². The first-order chi connectivity index (χ1) is 5.74. The van der Waals surface area contributed by atoms with Gasteiger partial charge in [0.2, 0.25) is 0 Å². The van der Waals surface area contributed by atoms with Gasteiger partial charge in [0.15, 0.2) is 0 Å². The van der Waals surface area contributed by atoms with Crippen LogP contribution < -0.4 is 0 Å². The summed E-state index contributed by atoms with van der Waals surface area (Å²) >= 11 is 6.25. The van der Waals surface area contributed by atoms with E-state index in [-0.39, 0.29) is 19.0 Å². The van der Waals surface area contributed by atoms with Gasteiger partial charge in [-0.1, -0.05) is 12.1 Å². The van der Waals surface area contributed by atoms with Crippen molar-refractivity contribution < 1.29 is 17.6 Å². The van der Waals surface area contributed by atoms with Crippen molar-refractivity contribution in [3.63, 3.8) is 0 Å². The Hall–Kier alpha value is 0.733. The molecule has 0 N–H and O–H groups in total. The van der Waals surface area contributed by atoms with E-state index in [1.165, 1.54) is 12.1 Å². The molecule has 0 nitrogen and oxygen atoms in total.